The van der Waals surface area contributed by atoms with Crippen molar-refractivity contribution in [3.8, 4) is 16.9 Å². The molecule has 0 aromatic heterocycles. The fourth-order valence-electron chi connectivity index (χ4n) is 1.42. The maximum atomic E-state index is 9.62. The van der Waals surface area contributed by atoms with Crippen LogP contribution in [0.15, 0.2) is 36.4 Å². The molecule has 0 spiro atoms. The first kappa shape index (κ1) is 11.6. The van der Waals surface area contributed by atoms with Gasteiger partial charge in [-0.1, -0.05) is 53.0 Å². The highest BCUT2D eigenvalue weighted by atomic mass is 35.5. The van der Waals surface area contributed by atoms with Gasteiger partial charge in [0.05, 0.1) is 10.0 Å². The van der Waals surface area contributed by atoms with Gasteiger partial charge in [0, 0.05) is 10.6 Å². The van der Waals surface area contributed by atoms with Crippen molar-refractivity contribution in [3.05, 3.63) is 51.5 Å². The summed E-state index contributed by atoms with van der Waals surface area (Å²) in [7, 11) is 0. The third-order valence-electron chi connectivity index (χ3n) is 2.20. The molecule has 1 nitrogen and oxygen atoms in total. The molecule has 0 aliphatic heterocycles. The first-order valence-corrected chi connectivity index (χ1v) is 5.66. The molecule has 0 fully saturated rings. The van der Waals surface area contributed by atoms with E-state index < -0.39 is 0 Å². The Morgan fingerprint density at radius 2 is 1.69 bits per heavy atom. The van der Waals surface area contributed by atoms with Crippen molar-refractivity contribution in [1.82, 2.24) is 0 Å². The molecule has 4 heteroatoms. The summed E-state index contributed by atoms with van der Waals surface area (Å²) in [6.07, 6.45) is 0. The molecule has 0 bridgehead atoms. The molecule has 1 N–H and O–H groups in total. The molecule has 2 aromatic carbocycles. The summed E-state index contributed by atoms with van der Waals surface area (Å²) >= 11 is 17.6. The van der Waals surface area contributed by atoms with Crippen LogP contribution in [0.4, 0.5) is 0 Å². The van der Waals surface area contributed by atoms with Crippen molar-refractivity contribution in [2.75, 3.05) is 0 Å². The van der Waals surface area contributed by atoms with E-state index in [1.54, 1.807) is 24.3 Å². The first-order chi connectivity index (χ1) is 7.59. The van der Waals surface area contributed by atoms with Crippen molar-refractivity contribution in [3.63, 3.8) is 0 Å². The number of rotatable bonds is 1. The van der Waals surface area contributed by atoms with E-state index in [9.17, 15) is 5.11 Å². The Kier molecular flexibility index (Phi) is 3.29. The van der Waals surface area contributed by atoms with Gasteiger partial charge in [0.2, 0.25) is 0 Å². The van der Waals surface area contributed by atoms with Crippen LogP contribution in [0.3, 0.4) is 0 Å². The van der Waals surface area contributed by atoms with Crippen molar-refractivity contribution < 1.29 is 5.11 Å². The summed E-state index contributed by atoms with van der Waals surface area (Å²) in [5.74, 6) is -0.110. The molecular weight excluding hydrogens is 266 g/mol. The highest BCUT2D eigenvalue weighted by molar-refractivity contribution is 6.39. The maximum absolute atomic E-state index is 9.62. The lowest BCUT2D eigenvalue weighted by Gasteiger charge is -2.07. The van der Waals surface area contributed by atoms with Gasteiger partial charge in [-0.25, -0.2) is 0 Å². The van der Waals surface area contributed by atoms with Gasteiger partial charge in [-0.05, 0) is 23.8 Å². The predicted octanol–water partition coefficient (Wildman–Crippen LogP) is 5.02. The molecule has 0 unspecified atom stereocenters. The van der Waals surface area contributed by atoms with Crippen LogP contribution in [0.5, 0.6) is 5.75 Å². The molecule has 2 aromatic rings. The zero-order chi connectivity index (χ0) is 11.7. The van der Waals surface area contributed by atoms with Crippen LogP contribution in [0, 0.1) is 0 Å². The number of hydrogen-bond acceptors (Lipinski definition) is 1. The zero-order valence-corrected chi connectivity index (χ0v) is 10.3. The fourth-order valence-corrected chi connectivity index (χ4v) is 2.09. The predicted molar refractivity (Wildman–Crippen MR) is 68.6 cm³/mol. The largest absolute Gasteiger partial charge is 0.505 e. The van der Waals surface area contributed by atoms with Gasteiger partial charge < -0.3 is 5.11 Å². The normalized spacial score (nSPS) is 10.4. The average Bonchev–Trinajstić information content (AvgIpc) is 2.26. The van der Waals surface area contributed by atoms with Crippen LogP contribution in [-0.2, 0) is 0 Å². The minimum atomic E-state index is -0.110. The molecule has 0 radical (unpaired) electrons. The number of hydrogen-bond donors (Lipinski definition) is 1. The van der Waals surface area contributed by atoms with Gasteiger partial charge in [0.25, 0.3) is 0 Å². The van der Waals surface area contributed by atoms with Crippen LogP contribution in [0.25, 0.3) is 11.1 Å². The van der Waals surface area contributed by atoms with Crippen molar-refractivity contribution in [1.29, 1.82) is 0 Å². The van der Waals surface area contributed by atoms with Crippen molar-refractivity contribution in [2.24, 2.45) is 0 Å². The third-order valence-corrected chi connectivity index (χ3v) is 3.13. The van der Waals surface area contributed by atoms with Crippen LogP contribution in [0.1, 0.15) is 0 Å². The van der Waals surface area contributed by atoms with Gasteiger partial charge in [-0.2, -0.15) is 0 Å². The highest BCUT2D eigenvalue weighted by Crippen LogP contribution is 2.39. The van der Waals surface area contributed by atoms with Gasteiger partial charge in [0.1, 0.15) is 0 Å². The standard InChI is InChI=1S/C12H7Cl3O/c13-8-3-1-2-7(6-8)9-4-5-10(14)12(16)11(9)15/h1-6,16H. The Balaban J connectivity index is 2.61. The molecule has 0 amide bonds. The lowest BCUT2D eigenvalue weighted by molar-refractivity contribution is 0.476. The molecule has 0 saturated heterocycles. The first-order valence-electron chi connectivity index (χ1n) is 4.52. The smallest absolute Gasteiger partial charge is 0.153 e. The van der Waals surface area contributed by atoms with E-state index in [2.05, 4.69) is 0 Å². The summed E-state index contributed by atoms with van der Waals surface area (Å²) in [4.78, 5) is 0. The third kappa shape index (κ3) is 2.12. The average molecular weight is 274 g/mol. The molecule has 0 saturated carbocycles. The number of phenols is 1. The number of aromatic hydroxyl groups is 1. The van der Waals surface area contributed by atoms with Crippen molar-refractivity contribution >= 4 is 34.8 Å². The minimum Gasteiger partial charge on any atom is -0.505 e. The number of phenolic OH excluding ortho intramolecular Hbond substituents is 1. The summed E-state index contributed by atoms with van der Waals surface area (Å²) < 4.78 is 0. The van der Waals surface area contributed by atoms with E-state index in [0.717, 1.165) is 5.56 Å². The highest BCUT2D eigenvalue weighted by Gasteiger charge is 2.10. The molecule has 16 heavy (non-hydrogen) atoms. The second kappa shape index (κ2) is 4.54. The topological polar surface area (TPSA) is 20.2 Å². The number of halogens is 3. The van der Waals surface area contributed by atoms with Crippen molar-refractivity contribution in [2.45, 2.75) is 0 Å². The van der Waals surface area contributed by atoms with Crippen LogP contribution < -0.4 is 0 Å². The molecule has 2 rings (SSSR count). The molecule has 0 heterocycles. The summed E-state index contributed by atoms with van der Waals surface area (Å²) in [6.45, 7) is 0. The molecular formula is C12H7Cl3O. The summed E-state index contributed by atoms with van der Waals surface area (Å²) in [6, 6.07) is 10.6. The molecule has 0 atom stereocenters. The van der Waals surface area contributed by atoms with E-state index in [4.69, 9.17) is 34.8 Å². The fraction of sp³-hybridized carbons (Fsp3) is 0. The quantitative estimate of drug-likeness (QED) is 0.773. The minimum absolute atomic E-state index is 0.110. The van der Waals surface area contributed by atoms with E-state index in [0.29, 0.717) is 10.6 Å². The Morgan fingerprint density at radius 1 is 0.938 bits per heavy atom. The molecule has 0 aliphatic carbocycles. The monoisotopic (exact) mass is 272 g/mol. The second-order valence-electron chi connectivity index (χ2n) is 3.27. The second-order valence-corrected chi connectivity index (χ2v) is 4.49. The lowest BCUT2D eigenvalue weighted by atomic mass is 10.1. The van der Waals surface area contributed by atoms with Crippen LogP contribution >= 0.6 is 34.8 Å². The Hall–Kier alpha value is -0.890. The Labute approximate surface area is 108 Å². The Morgan fingerprint density at radius 3 is 2.38 bits per heavy atom. The SMILES string of the molecule is Oc1c(Cl)ccc(-c2cccc(Cl)c2)c1Cl. The van der Waals surface area contributed by atoms with Gasteiger partial charge >= 0.3 is 0 Å². The van der Waals surface area contributed by atoms with E-state index in [1.165, 1.54) is 0 Å². The van der Waals surface area contributed by atoms with Crippen LogP contribution in [-0.4, -0.2) is 5.11 Å². The number of benzene rings is 2. The lowest BCUT2D eigenvalue weighted by Crippen LogP contribution is -1.81. The maximum Gasteiger partial charge on any atom is 0.153 e. The molecule has 82 valence electrons. The zero-order valence-electron chi connectivity index (χ0n) is 8.05. The van der Waals surface area contributed by atoms with Gasteiger partial charge in [0.15, 0.2) is 5.75 Å². The summed E-state index contributed by atoms with van der Waals surface area (Å²) in [5, 5.41) is 10.7. The van der Waals surface area contributed by atoms with Gasteiger partial charge in [-0.3, -0.25) is 0 Å². The van der Waals surface area contributed by atoms with E-state index in [-0.39, 0.29) is 15.8 Å². The Bertz CT molecular complexity index is 538. The van der Waals surface area contributed by atoms with E-state index in [1.807, 2.05) is 12.1 Å². The molecule has 0 aliphatic rings. The van der Waals surface area contributed by atoms with Gasteiger partial charge in [-0.15, -0.1) is 0 Å². The van der Waals surface area contributed by atoms with Crippen LogP contribution in [0.2, 0.25) is 15.1 Å². The van der Waals surface area contributed by atoms with E-state index >= 15 is 0 Å². The summed E-state index contributed by atoms with van der Waals surface area (Å²) in [5.41, 5.74) is 1.54.